The Kier molecular flexibility index (Phi) is 9.56. The van der Waals surface area contributed by atoms with Crippen LogP contribution in [-0.4, -0.2) is 105 Å². The minimum atomic E-state index is -1.05. The van der Waals surface area contributed by atoms with Gasteiger partial charge in [-0.25, -0.2) is 14.3 Å². The maximum Gasteiger partial charge on any atom is 0.528 e. The summed E-state index contributed by atoms with van der Waals surface area (Å²) in [4.78, 5) is 58.9. The van der Waals surface area contributed by atoms with Crippen LogP contribution in [0.3, 0.4) is 0 Å². The fourth-order valence-electron chi connectivity index (χ4n) is 4.93. The molecular weight excluding hydrogens is 598 g/mol. The number of rotatable bonds is 13. The fourth-order valence-corrected chi connectivity index (χ4v) is 5.85. The Morgan fingerprint density at radius 3 is 2.57 bits per heavy atom. The average molecular weight is 628 g/mol. The minimum Gasteiger partial charge on any atom is -0.430 e. The zero-order valence-electron chi connectivity index (χ0n) is 23.6. The van der Waals surface area contributed by atoms with Gasteiger partial charge in [0.25, 0.3) is 5.91 Å². The van der Waals surface area contributed by atoms with E-state index in [1.165, 1.54) is 21.7 Å². The number of hydrogen-bond donors (Lipinski definition) is 0. The third-order valence-corrected chi connectivity index (χ3v) is 7.79. The molecule has 2 aromatic rings. The van der Waals surface area contributed by atoms with Crippen molar-refractivity contribution in [3.63, 3.8) is 0 Å². The van der Waals surface area contributed by atoms with Crippen LogP contribution in [-0.2, 0) is 39.9 Å². The molecule has 1 aromatic heterocycles. The molecule has 4 heterocycles. The van der Waals surface area contributed by atoms with Crippen LogP contribution in [0.5, 0.6) is 0 Å². The Bertz CT molecular complexity index is 1470. The van der Waals surface area contributed by atoms with Crippen LogP contribution in [0.4, 0.5) is 15.3 Å². The van der Waals surface area contributed by atoms with Gasteiger partial charge >= 0.3 is 12.3 Å². The summed E-state index contributed by atoms with van der Waals surface area (Å²) in [5, 5.41) is 13.1. The van der Waals surface area contributed by atoms with Crippen molar-refractivity contribution in [3.05, 3.63) is 67.1 Å². The quantitative estimate of drug-likeness (QED) is 0.137. The largest absolute Gasteiger partial charge is 0.528 e. The van der Waals surface area contributed by atoms with Gasteiger partial charge in [-0.3, -0.25) is 14.5 Å². The van der Waals surface area contributed by atoms with E-state index >= 15 is 0 Å². The number of hydroxylamine groups is 2. The number of nitrogens with zero attached hydrogens (tertiary/aromatic N) is 7. The molecule has 1 aromatic carbocycles. The van der Waals surface area contributed by atoms with Gasteiger partial charge in [-0.05, 0) is 29.5 Å². The summed E-state index contributed by atoms with van der Waals surface area (Å²) < 4.78 is 22.6. The lowest BCUT2D eigenvalue weighted by Crippen LogP contribution is -2.74. The van der Waals surface area contributed by atoms with Crippen molar-refractivity contribution in [2.75, 3.05) is 37.1 Å². The molecular formula is C27H29N7O9S. The van der Waals surface area contributed by atoms with E-state index in [4.69, 9.17) is 23.8 Å². The second-order valence-electron chi connectivity index (χ2n) is 9.38. The lowest BCUT2D eigenvalue weighted by molar-refractivity contribution is -0.272. The van der Waals surface area contributed by atoms with Crippen molar-refractivity contribution in [2.45, 2.75) is 36.8 Å². The normalized spacial score (nSPS) is 20.3. The summed E-state index contributed by atoms with van der Waals surface area (Å²) in [5.41, 5.74) is 1.19. The molecule has 3 aliphatic heterocycles. The van der Waals surface area contributed by atoms with Crippen molar-refractivity contribution in [1.29, 1.82) is 0 Å². The summed E-state index contributed by atoms with van der Waals surface area (Å²) in [6.45, 7) is 8.72. The van der Waals surface area contributed by atoms with Crippen LogP contribution in [0.15, 0.2) is 72.3 Å². The van der Waals surface area contributed by atoms with Gasteiger partial charge in [0.2, 0.25) is 16.9 Å². The number of tetrazole rings is 1. The van der Waals surface area contributed by atoms with E-state index in [1.807, 2.05) is 37.3 Å². The molecule has 5 rings (SSSR count). The van der Waals surface area contributed by atoms with E-state index in [9.17, 15) is 19.2 Å². The Morgan fingerprint density at radius 1 is 1.14 bits per heavy atom. The standard InChI is InChI=1S/C27H29N7O9S/c1-4-12-39-26(37)42-24-18(22-20-21(23(36)34(20)24)33(16-41-22)43-27(38)40-13-5-2)15-44-25-28-29-30-32(25)14-19(35)31(6-3)17-10-8-7-9-11-17/h4-5,7-11,20-22H,1-2,6,12-16H2,3H3/t20-,21-,22?/m0/s1. The average Bonchev–Trinajstić information content (AvgIpc) is 3.58. The summed E-state index contributed by atoms with van der Waals surface area (Å²) in [6, 6.07) is 7.66. The van der Waals surface area contributed by atoms with Crippen LogP contribution in [0, 0.1) is 0 Å². The molecule has 3 atom stereocenters. The number of anilines is 1. The highest BCUT2D eigenvalue weighted by atomic mass is 32.2. The van der Waals surface area contributed by atoms with E-state index in [2.05, 4.69) is 28.7 Å². The van der Waals surface area contributed by atoms with Crippen LogP contribution in [0.25, 0.3) is 0 Å². The van der Waals surface area contributed by atoms with Crippen molar-refractivity contribution in [2.24, 2.45) is 0 Å². The first-order valence-corrected chi connectivity index (χ1v) is 14.5. The van der Waals surface area contributed by atoms with Crippen LogP contribution in [0.1, 0.15) is 6.92 Å². The molecule has 0 bridgehead atoms. The van der Waals surface area contributed by atoms with E-state index in [-0.39, 0.29) is 44.0 Å². The number of carbonyl (C=O) groups is 4. The molecule has 1 unspecified atom stereocenters. The summed E-state index contributed by atoms with van der Waals surface area (Å²) >= 11 is 1.16. The maximum atomic E-state index is 13.2. The number of likely N-dealkylation sites (N-methyl/N-ethyl adjacent to an activating group) is 1. The van der Waals surface area contributed by atoms with Gasteiger partial charge < -0.3 is 28.7 Å². The highest BCUT2D eigenvalue weighted by Gasteiger charge is 2.65. The summed E-state index contributed by atoms with van der Waals surface area (Å²) in [6.07, 6.45) is -0.0473. The van der Waals surface area contributed by atoms with Crippen LogP contribution in [0.2, 0.25) is 0 Å². The first kappa shape index (κ1) is 30.7. The third kappa shape index (κ3) is 6.15. The number of aromatic nitrogens is 4. The Labute approximate surface area is 255 Å². The lowest BCUT2D eigenvalue weighted by Gasteiger charge is -2.50. The molecule has 0 saturated carbocycles. The molecule has 0 N–H and O–H groups in total. The molecule has 17 heteroatoms. The third-order valence-electron chi connectivity index (χ3n) is 6.79. The predicted octanol–water partition coefficient (Wildman–Crippen LogP) is 1.87. The first-order chi connectivity index (χ1) is 21.4. The summed E-state index contributed by atoms with van der Waals surface area (Å²) in [7, 11) is 0. The second kappa shape index (κ2) is 13.7. The molecule has 0 spiro atoms. The van der Waals surface area contributed by atoms with Gasteiger partial charge in [-0.1, -0.05) is 60.3 Å². The van der Waals surface area contributed by atoms with Gasteiger partial charge in [0.15, 0.2) is 6.04 Å². The SMILES string of the molecule is C=CCOC(=O)OC1=C(CSc2nnnn2CC(=O)N(CC)c2ccccc2)C2OCN(OC(=O)OCC=C)[C@@H]3C(=O)N1[C@H]23. The minimum absolute atomic E-state index is 0.0600. The van der Waals surface area contributed by atoms with E-state index in [0.29, 0.717) is 17.3 Å². The zero-order valence-corrected chi connectivity index (χ0v) is 24.5. The molecule has 2 amide bonds. The number of hydrogen-bond acceptors (Lipinski definition) is 14. The van der Waals surface area contributed by atoms with E-state index < -0.39 is 36.4 Å². The topological polar surface area (TPSA) is 168 Å². The molecule has 2 fully saturated rings. The number of ether oxygens (including phenoxy) is 4. The smallest absolute Gasteiger partial charge is 0.430 e. The number of thioether (sulfide) groups is 1. The van der Waals surface area contributed by atoms with Gasteiger partial charge in [0, 0.05) is 23.6 Å². The van der Waals surface area contributed by atoms with Crippen molar-refractivity contribution in [3.8, 4) is 0 Å². The fraction of sp³-hybridized carbons (Fsp3) is 0.370. The summed E-state index contributed by atoms with van der Waals surface area (Å²) in [5.74, 6) is -0.645. The molecule has 16 nitrogen and oxygen atoms in total. The number of para-hydroxylation sites is 1. The zero-order chi connectivity index (χ0) is 31.2. The van der Waals surface area contributed by atoms with Gasteiger partial charge in [0.05, 0.1) is 6.04 Å². The van der Waals surface area contributed by atoms with Gasteiger partial charge in [-0.2, -0.15) is 0 Å². The Hall–Kier alpha value is -4.74. The maximum absolute atomic E-state index is 13.2. The number of benzene rings is 1. The monoisotopic (exact) mass is 627 g/mol. The van der Waals surface area contributed by atoms with Crippen LogP contribution >= 0.6 is 11.8 Å². The van der Waals surface area contributed by atoms with Gasteiger partial charge in [0.1, 0.15) is 32.6 Å². The predicted molar refractivity (Wildman–Crippen MR) is 151 cm³/mol. The highest BCUT2D eigenvalue weighted by molar-refractivity contribution is 7.99. The van der Waals surface area contributed by atoms with Crippen molar-refractivity contribution in [1.82, 2.24) is 30.2 Å². The molecule has 0 aliphatic carbocycles. The number of carbonyl (C=O) groups excluding carboxylic acids is 4. The van der Waals surface area contributed by atoms with E-state index in [0.717, 1.165) is 22.5 Å². The van der Waals surface area contributed by atoms with E-state index in [1.54, 1.807) is 4.90 Å². The number of amides is 2. The molecule has 3 aliphatic rings. The molecule has 44 heavy (non-hydrogen) atoms. The van der Waals surface area contributed by atoms with Gasteiger partial charge in [-0.15, -0.1) is 5.10 Å². The lowest BCUT2D eigenvalue weighted by atomic mass is 9.90. The Balaban J connectivity index is 1.32. The molecule has 232 valence electrons. The second-order valence-corrected chi connectivity index (χ2v) is 10.3. The van der Waals surface area contributed by atoms with Crippen molar-refractivity contribution >= 4 is 41.6 Å². The molecule has 2 saturated heterocycles. The Morgan fingerprint density at radius 2 is 1.86 bits per heavy atom. The highest BCUT2D eigenvalue weighted by Crippen LogP contribution is 2.46. The van der Waals surface area contributed by atoms with Crippen molar-refractivity contribution < 1.29 is 43.0 Å². The number of β-lactam (4-membered cyclic amide) rings is 1. The molecule has 0 radical (unpaired) electrons. The van der Waals surface area contributed by atoms with Crippen LogP contribution < -0.4 is 4.90 Å². The first-order valence-electron chi connectivity index (χ1n) is 13.5.